The molecule has 3 aromatic rings. The van der Waals surface area contributed by atoms with E-state index in [9.17, 15) is 8.42 Å². The summed E-state index contributed by atoms with van der Waals surface area (Å²) >= 11 is 0. The van der Waals surface area contributed by atoms with Crippen LogP contribution in [0.4, 0.5) is 11.5 Å². The van der Waals surface area contributed by atoms with Crippen LogP contribution in [0, 0.1) is 5.41 Å². The van der Waals surface area contributed by atoms with E-state index in [1.165, 1.54) is 18.5 Å². The van der Waals surface area contributed by atoms with Crippen LogP contribution >= 0.6 is 0 Å². The van der Waals surface area contributed by atoms with E-state index in [2.05, 4.69) is 43.4 Å². The van der Waals surface area contributed by atoms with Gasteiger partial charge in [-0.2, -0.15) is 13.4 Å². The average molecular weight is 511 g/mol. The molecule has 4 rings (SSSR count). The number of sulfonamides is 1. The van der Waals surface area contributed by atoms with Crippen LogP contribution in [-0.2, 0) is 10.0 Å². The predicted octanol–water partition coefficient (Wildman–Crippen LogP) is 2.96. The fourth-order valence-corrected chi connectivity index (χ4v) is 4.94. The summed E-state index contributed by atoms with van der Waals surface area (Å²) in [5, 5.41) is 7.84. The predicted molar refractivity (Wildman–Crippen MR) is 138 cm³/mol. The number of nitrogens with one attached hydrogen (secondary N) is 2. The van der Waals surface area contributed by atoms with Gasteiger partial charge in [-0.25, -0.2) is 15.0 Å². The Kier molecular flexibility index (Phi) is 7.45. The topological polar surface area (TPSA) is 160 Å². The highest BCUT2D eigenvalue weighted by Crippen LogP contribution is 2.29. The SMILES string of the molecule is CC(=N)c1c(N)nc(-c2ccc(NS(=O)(=O)c3ncccn3)cc2)nc1OC1CCN(C(C)C)CC1. The van der Waals surface area contributed by atoms with E-state index in [1.54, 1.807) is 31.2 Å². The Morgan fingerprint density at radius 1 is 1.14 bits per heavy atom. The summed E-state index contributed by atoms with van der Waals surface area (Å²) in [5.41, 5.74) is 7.78. The quantitative estimate of drug-likeness (QED) is 0.306. The molecule has 190 valence electrons. The molecule has 1 aliphatic rings. The minimum absolute atomic E-state index is 0.0303. The molecule has 1 aliphatic heterocycles. The molecule has 12 heteroatoms. The van der Waals surface area contributed by atoms with Crippen LogP contribution in [0.1, 0.15) is 39.2 Å². The van der Waals surface area contributed by atoms with Crippen LogP contribution in [0.15, 0.2) is 47.9 Å². The van der Waals surface area contributed by atoms with E-state index in [4.69, 9.17) is 15.9 Å². The molecule has 0 atom stereocenters. The first kappa shape index (κ1) is 25.5. The van der Waals surface area contributed by atoms with Crippen LogP contribution in [0.5, 0.6) is 5.88 Å². The number of hydrogen-bond acceptors (Lipinski definition) is 10. The minimum Gasteiger partial charge on any atom is -0.474 e. The summed E-state index contributed by atoms with van der Waals surface area (Å²) in [6.45, 7) is 7.85. The Hall–Kier alpha value is -3.64. The number of likely N-dealkylation sites (tertiary alicyclic amines) is 1. The van der Waals surface area contributed by atoms with Crippen molar-refractivity contribution in [3.05, 3.63) is 48.3 Å². The van der Waals surface area contributed by atoms with Gasteiger partial charge in [0.1, 0.15) is 11.9 Å². The molecular formula is C24H30N8O3S. The van der Waals surface area contributed by atoms with Crippen molar-refractivity contribution >= 4 is 27.2 Å². The second kappa shape index (κ2) is 10.5. The van der Waals surface area contributed by atoms with Gasteiger partial charge in [0, 0.05) is 48.5 Å². The lowest BCUT2D eigenvalue weighted by molar-refractivity contribution is 0.0812. The van der Waals surface area contributed by atoms with Crippen molar-refractivity contribution in [2.45, 2.75) is 50.9 Å². The summed E-state index contributed by atoms with van der Waals surface area (Å²) in [6, 6.07) is 8.57. The Labute approximate surface area is 210 Å². The van der Waals surface area contributed by atoms with Crippen molar-refractivity contribution in [2.75, 3.05) is 23.5 Å². The Bertz CT molecular complexity index is 1320. The largest absolute Gasteiger partial charge is 0.474 e. The van der Waals surface area contributed by atoms with E-state index in [0.29, 0.717) is 34.6 Å². The Morgan fingerprint density at radius 3 is 2.36 bits per heavy atom. The summed E-state index contributed by atoms with van der Waals surface area (Å²) in [4.78, 5) is 19.0. The highest BCUT2D eigenvalue weighted by Gasteiger charge is 2.25. The zero-order valence-electron chi connectivity index (χ0n) is 20.5. The number of nitrogen functional groups attached to an aromatic ring is 1. The number of anilines is 2. The van der Waals surface area contributed by atoms with Crippen molar-refractivity contribution in [3.63, 3.8) is 0 Å². The van der Waals surface area contributed by atoms with Gasteiger partial charge in [0.15, 0.2) is 5.82 Å². The maximum atomic E-state index is 12.5. The number of rotatable bonds is 8. The fraction of sp³-hybridized carbons (Fsp3) is 0.375. The van der Waals surface area contributed by atoms with E-state index in [0.717, 1.165) is 25.9 Å². The molecule has 11 nitrogen and oxygen atoms in total. The molecule has 0 aliphatic carbocycles. The maximum Gasteiger partial charge on any atom is 0.297 e. The third-order valence-electron chi connectivity index (χ3n) is 5.94. The first-order valence-electron chi connectivity index (χ1n) is 11.7. The maximum absolute atomic E-state index is 12.5. The molecule has 0 saturated carbocycles. The minimum atomic E-state index is -3.92. The average Bonchev–Trinajstić information content (AvgIpc) is 2.84. The van der Waals surface area contributed by atoms with E-state index in [-0.39, 0.29) is 22.8 Å². The number of piperidine rings is 1. The standard InChI is InChI=1S/C24H30N8O3S/c1-15(2)32-13-9-19(10-14-32)35-23-20(16(3)25)21(26)29-22(30-23)17-5-7-18(8-6-17)31-36(33,34)24-27-11-4-12-28-24/h4-8,11-12,15,19,25,31H,9-10,13-14H2,1-3H3,(H2,26,29,30). The third-order valence-corrected chi connectivity index (χ3v) is 7.14. The van der Waals surface area contributed by atoms with E-state index in [1.807, 2.05) is 0 Å². The van der Waals surface area contributed by atoms with Crippen molar-refractivity contribution in [1.82, 2.24) is 24.8 Å². The Balaban J connectivity index is 1.56. The zero-order chi connectivity index (χ0) is 25.9. The molecule has 2 aromatic heterocycles. The summed E-state index contributed by atoms with van der Waals surface area (Å²) in [6.07, 6.45) is 4.40. The van der Waals surface area contributed by atoms with Crippen LogP contribution < -0.4 is 15.2 Å². The van der Waals surface area contributed by atoms with Crippen LogP contribution in [0.2, 0.25) is 0 Å². The van der Waals surface area contributed by atoms with Gasteiger partial charge >= 0.3 is 0 Å². The molecule has 0 bridgehead atoms. The molecule has 1 fully saturated rings. The van der Waals surface area contributed by atoms with Gasteiger partial charge in [0.2, 0.25) is 5.88 Å². The van der Waals surface area contributed by atoms with Gasteiger partial charge < -0.3 is 20.8 Å². The Morgan fingerprint density at radius 2 is 1.78 bits per heavy atom. The van der Waals surface area contributed by atoms with E-state index < -0.39 is 10.0 Å². The molecule has 0 unspecified atom stereocenters. The van der Waals surface area contributed by atoms with Gasteiger partial charge in [-0.15, -0.1) is 0 Å². The lowest BCUT2D eigenvalue weighted by Gasteiger charge is -2.34. The summed E-state index contributed by atoms with van der Waals surface area (Å²) in [5.74, 6) is 0.778. The number of aromatic nitrogens is 4. The normalized spacial score (nSPS) is 15.1. The summed E-state index contributed by atoms with van der Waals surface area (Å²) < 4.78 is 33.7. The summed E-state index contributed by atoms with van der Waals surface area (Å²) in [7, 11) is -3.92. The monoisotopic (exact) mass is 510 g/mol. The van der Waals surface area contributed by atoms with Crippen LogP contribution in [0.3, 0.4) is 0 Å². The molecule has 3 heterocycles. The van der Waals surface area contributed by atoms with Crippen molar-refractivity contribution in [1.29, 1.82) is 5.41 Å². The lowest BCUT2D eigenvalue weighted by atomic mass is 10.1. The molecule has 1 saturated heterocycles. The second-order valence-electron chi connectivity index (χ2n) is 8.90. The highest BCUT2D eigenvalue weighted by atomic mass is 32.2. The number of hydrogen-bond donors (Lipinski definition) is 3. The van der Waals surface area contributed by atoms with E-state index >= 15 is 0 Å². The first-order chi connectivity index (χ1) is 17.1. The number of nitrogens with zero attached hydrogens (tertiary/aromatic N) is 5. The first-order valence-corrected chi connectivity index (χ1v) is 13.2. The van der Waals surface area contributed by atoms with Gasteiger partial charge in [0.05, 0.1) is 5.56 Å². The zero-order valence-corrected chi connectivity index (χ0v) is 21.3. The molecule has 0 amide bonds. The number of benzene rings is 1. The fourth-order valence-electron chi connectivity index (χ4n) is 4.00. The van der Waals surface area contributed by atoms with Crippen molar-refractivity contribution < 1.29 is 13.2 Å². The molecule has 0 spiro atoms. The van der Waals surface area contributed by atoms with Gasteiger partial charge in [-0.3, -0.25) is 4.72 Å². The smallest absolute Gasteiger partial charge is 0.297 e. The number of ether oxygens (including phenoxy) is 1. The van der Waals surface area contributed by atoms with Crippen LogP contribution in [-0.4, -0.2) is 64.2 Å². The molecule has 4 N–H and O–H groups in total. The van der Waals surface area contributed by atoms with Gasteiger partial charge in [0.25, 0.3) is 15.2 Å². The third kappa shape index (κ3) is 5.77. The van der Waals surface area contributed by atoms with Crippen molar-refractivity contribution in [3.8, 4) is 17.3 Å². The molecule has 1 aromatic carbocycles. The number of nitrogens with two attached hydrogens (primary N) is 1. The van der Waals surface area contributed by atoms with Crippen molar-refractivity contribution in [2.24, 2.45) is 0 Å². The molecule has 0 radical (unpaired) electrons. The molecular weight excluding hydrogens is 480 g/mol. The highest BCUT2D eigenvalue weighted by molar-refractivity contribution is 7.92. The second-order valence-corrected chi connectivity index (χ2v) is 10.5. The van der Waals surface area contributed by atoms with Gasteiger partial charge in [-0.1, -0.05) is 0 Å². The lowest BCUT2D eigenvalue weighted by Crippen LogP contribution is -2.42. The van der Waals surface area contributed by atoms with Crippen LogP contribution in [0.25, 0.3) is 11.4 Å². The molecule has 36 heavy (non-hydrogen) atoms. The van der Waals surface area contributed by atoms with Gasteiger partial charge in [-0.05, 0) is 63.9 Å².